The van der Waals surface area contributed by atoms with Crippen molar-refractivity contribution in [3.05, 3.63) is 25.3 Å². The Balaban J connectivity index is 0.000000397. The van der Waals surface area contributed by atoms with Crippen molar-refractivity contribution in [3.8, 4) is 0 Å². The Morgan fingerprint density at radius 2 is 1.22 bits per heavy atom. The van der Waals surface area contributed by atoms with Crippen LogP contribution in [0.25, 0.3) is 0 Å². The number of rotatable bonds is 10. The molecule has 0 spiro atoms. The highest BCUT2D eigenvalue weighted by Crippen LogP contribution is 2.39. The van der Waals surface area contributed by atoms with Crippen LogP contribution in [0.4, 0.5) is 0 Å². The predicted molar refractivity (Wildman–Crippen MR) is 149 cm³/mol. The standard InChI is InChI=1S/C17H34O4Si.C11H20O4/c1-10-13(18)12(2)15-14(20-17(6,7)21-15)11-19-22(8,9)16(3,4)5;1-5-8(13)7(2)10-9(6-12)14-11(3,4)15-10/h10,12-15,18H,1,11H2,2-9H3;5,7-10,12-13H,1,6H2,2-4H3/t12-,13-,14-,15+;7-,8-,9-,10+/m00/s1. The minimum Gasteiger partial charge on any atom is -0.414 e. The van der Waals surface area contributed by atoms with Crippen LogP contribution < -0.4 is 0 Å². The molecule has 9 heteroatoms. The van der Waals surface area contributed by atoms with Gasteiger partial charge < -0.3 is 38.7 Å². The lowest BCUT2D eigenvalue weighted by molar-refractivity contribution is -0.154. The van der Waals surface area contributed by atoms with Gasteiger partial charge in [-0.3, -0.25) is 0 Å². The average molecular weight is 547 g/mol. The summed E-state index contributed by atoms with van der Waals surface area (Å²) in [6.07, 6.45) is 0.683. The number of hydrogen-bond donors (Lipinski definition) is 3. The molecule has 0 aromatic heterocycles. The van der Waals surface area contributed by atoms with E-state index in [1.54, 1.807) is 19.9 Å². The zero-order valence-corrected chi connectivity index (χ0v) is 26.0. The number of hydrogen-bond acceptors (Lipinski definition) is 8. The molecule has 2 heterocycles. The molecule has 0 aromatic carbocycles. The Kier molecular flexibility index (Phi) is 12.2. The summed E-state index contributed by atoms with van der Waals surface area (Å²) >= 11 is 0. The van der Waals surface area contributed by atoms with Crippen molar-refractivity contribution >= 4 is 8.32 Å². The van der Waals surface area contributed by atoms with Crippen molar-refractivity contribution in [1.82, 2.24) is 0 Å². The molecule has 8 atom stereocenters. The summed E-state index contributed by atoms with van der Waals surface area (Å²) in [5.41, 5.74) is 0. The molecule has 2 aliphatic heterocycles. The number of aliphatic hydroxyl groups is 3. The molecular weight excluding hydrogens is 492 g/mol. The molecule has 8 nitrogen and oxygen atoms in total. The lowest BCUT2D eigenvalue weighted by Gasteiger charge is -2.37. The minimum absolute atomic E-state index is 0.0905. The van der Waals surface area contributed by atoms with Crippen molar-refractivity contribution < 1.29 is 38.7 Å². The van der Waals surface area contributed by atoms with Crippen LogP contribution in [-0.4, -0.2) is 85.0 Å². The Hall–Kier alpha value is -0.623. The maximum atomic E-state index is 10.0. The first-order chi connectivity index (χ1) is 16.7. The summed E-state index contributed by atoms with van der Waals surface area (Å²) < 4.78 is 29.5. The van der Waals surface area contributed by atoms with Gasteiger partial charge in [-0.2, -0.15) is 0 Å². The Bertz CT molecular complexity index is 732. The molecule has 3 N–H and O–H groups in total. The largest absolute Gasteiger partial charge is 0.414 e. The van der Waals surface area contributed by atoms with Crippen LogP contribution in [-0.2, 0) is 23.4 Å². The molecule has 0 unspecified atom stereocenters. The maximum absolute atomic E-state index is 10.0. The van der Waals surface area contributed by atoms with E-state index in [1.165, 1.54) is 6.08 Å². The first-order valence-corrected chi connectivity index (χ1v) is 16.2. The van der Waals surface area contributed by atoms with Crippen LogP contribution in [0.15, 0.2) is 25.3 Å². The number of ether oxygens (including phenoxy) is 4. The third-order valence-electron chi connectivity index (χ3n) is 7.63. The Morgan fingerprint density at radius 3 is 1.57 bits per heavy atom. The third kappa shape index (κ3) is 9.51. The van der Waals surface area contributed by atoms with Crippen molar-refractivity contribution in [1.29, 1.82) is 0 Å². The molecule has 218 valence electrons. The van der Waals surface area contributed by atoms with Crippen LogP contribution in [0, 0.1) is 11.8 Å². The fourth-order valence-corrected chi connectivity index (χ4v) is 5.23. The lowest BCUT2D eigenvalue weighted by Crippen LogP contribution is -2.45. The molecular formula is C28H54O8Si. The monoisotopic (exact) mass is 546 g/mol. The van der Waals surface area contributed by atoms with Gasteiger partial charge in [0.2, 0.25) is 0 Å². The summed E-state index contributed by atoms with van der Waals surface area (Å²) in [5, 5.41) is 29.0. The first-order valence-electron chi connectivity index (χ1n) is 13.3. The van der Waals surface area contributed by atoms with Crippen LogP contribution in [0.5, 0.6) is 0 Å². The van der Waals surface area contributed by atoms with Gasteiger partial charge in [-0.1, -0.05) is 46.8 Å². The second-order valence-corrected chi connectivity index (χ2v) is 17.5. The molecule has 0 bridgehead atoms. The zero-order chi connectivity index (χ0) is 29.0. The van der Waals surface area contributed by atoms with Gasteiger partial charge in [-0.25, -0.2) is 0 Å². The minimum atomic E-state index is -1.84. The van der Waals surface area contributed by atoms with Crippen molar-refractivity contribution in [2.45, 2.75) is 129 Å². The second kappa shape index (κ2) is 13.2. The van der Waals surface area contributed by atoms with Gasteiger partial charge in [0.25, 0.3) is 0 Å². The van der Waals surface area contributed by atoms with E-state index in [9.17, 15) is 10.2 Å². The van der Waals surface area contributed by atoms with Crippen LogP contribution >= 0.6 is 0 Å². The topological polar surface area (TPSA) is 107 Å². The predicted octanol–water partition coefficient (Wildman–Crippen LogP) is 4.39. The normalized spacial score (nSPS) is 30.5. The van der Waals surface area contributed by atoms with E-state index in [2.05, 4.69) is 47.0 Å². The van der Waals surface area contributed by atoms with Gasteiger partial charge in [0.15, 0.2) is 19.9 Å². The molecule has 0 amide bonds. The van der Waals surface area contributed by atoms with E-state index < -0.39 is 32.1 Å². The average Bonchev–Trinajstić information content (AvgIpc) is 3.29. The zero-order valence-electron chi connectivity index (χ0n) is 25.0. The summed E-state index contributed by atoms with van der Waals surface area (Å²) in [6, 6.07) is 0. The van der Waals surface area contributed by atoms with Crippen LogP contribution in [0.1, 0.15) is 62.3 Å². The molecule has 0 aliphatic carbocycles. The molecule has 2 rings (SSSR count). The van der Waals surface area contributed by atoms with E-state index in [1.807, 2.05) is 27.7 Å². The summed E-state index contributed by atoms with van der Waals surface area (Å²) in [6.45, 7) is 29.9. The highest BCUT2D eigenvalue weighted by atomic mass is 28.4. The van der Waals surface area contributed by atoms with Gasteiger partial charge >= 0.3 is 0 Å². The first kappa shape index (κ1) is 34.4. The SMILES string of the molecule is C=C[C@H](O)[C@H](C)[C@H]1OC(C)(C)O[C@H]1CO.C=C[C@H](O)[C@H](C)[C@H]1OC(C)(C)O[C@H]1CO[Si](C)(C)C(C)(C)C. The van der Waals surface area contributed by atoms with Crippen molar-refractivity contribution in [2.75, 3.05) is 13.2 Å². The van der Waals surface area contributed by atoms with Crippen molar-refractivity contribution in [3.63, 3.8) is 0 Å². The Labute approximate surface area is 226 Å². The third-order valence-corrected chi connectivity index (χ3v) is 12.1. The number of aliphatic hydroxyl groups excluding tert-OH is 3. The van der Waals surface area contributed by atoms with Gasteiger partial charge in [-0.05, 0) is 45.8 Å². The quantitative estimate of drug-likeness (QED) is 0.274. The molecule has 37 heavy (non-hydrogen) atoms. The van der Waals surface area contributed by atoms with E-state index in [4.69, 9.17) is 28.5 Å². The highest BCUT2D eigenvalue weighted by molar-refractivity contribution is 6.74. The molecule has 2 aliphatic rings. The molecule has 0 aromatic rings. The molecule has 2 fully saturated rings. The van der Waals surface area contributed by atoms with E-state index >= 15 is 0 Å². The fourth-order valence-electron chi connectivity index (χ4n) is 4.21. The fraction of sp³-hybridized carbons (Fsp3) is 0.857. The smallest absolute Gasteiger partial charge is 0.192 e. The summed E-state index contributed by atoms with van der Waals surface area (Å²) in [7, 11) is -1.84. The van der Waals surface area contributed by atoms with Gasteiger partial charge in [0.1, 0.15) is 12.2 Å². The maximum Gasteiger partial charge on any atom is 0.192 e. The molecule has 2 saturated heterocycles. The van der Waals surface area contributed by atoms with Crippen LogP contribution in [0.3, 0.4) is 0 Å². The van der Waals surface area contributed by atoms with E-state index in [0.717, 1.165) is 0 Å². The van der Waals surface area contributed by atoms with Gasteiger partial charge in [0, 0.05) is 11.8 Å². The highest BCUT2D eigenvalue weighted by Gasteiger charge is 2.47. The van der Waals surface area contributed by atoms with E-state index in [-0.39, 0.29) is 47.9 Å². The van der Waals surface area contributed by atoms with Crippen molar-refractivity contribution in [2.24, 2.45) is 11.8 Å². The lowest BCUT2D eigenvalue weighted by atomic mass is 9.94. The van der Waals surface area contributed by atoms with Crippen LogP contribution in [0.2, 0.25) is 18.1 Å². The molecule has 0 radical (unpaired) electrons. The second-order valence-electron chi connectivity index (χ2n) is 12.7. The summed E-state index contributed by atoms with van der Waals surface area (Å²) in [5.74, 6) is -1.59. The van der Waals surface area contributed by atoms with Gasteiger partial charge in [0.05, 0.1) is 37.6 Å². The Morgan fingerprint density at radius 1 is 0.838 bits per heavy atom. The molecule has 0 saturated carbocycles. The van der Waals surface area contributed by atoms with E-state index in [0.29, 0.717) is 6.61 Å². The summed E-state index contributed by atoms with van der Waals surface area (Å²) in [4.78, 5) is 0. The van der Waals surface area contributed by atoms with Gasteiger partial charge in [-0.15, -0.1) is 13.2 Å².